The first kappa shape index (κ1) is 17.3. The van der Waals surface area contributed by atoms with Gasteiger partial charge in [0.1, 0.15) is 0 Å². The lowest BCUT2D eigenvalue weighted by Gasteiger charge is -2.34. The molecule has 0 saturated carbocycles. The van der Waals surface area contributed by atoms with Crippen molar-refractivity contribution in [2.45, 2.75) is 13.0 Å². The topological polar surface area (TPSA) is 23.6 Å². The van der Waals surface area contributed by atoms with Gasteiger partial charge in [0, 0.05) is 43.6 Å². The van der Waals surface area contributed by atoms with Crippen LogP contribution in [0.1, 0.15) is 11.1 Å². The van der Waals surface area contributed by atoms with Gasteiger partial charge in [0.15, 0.2) is 5.78 Å². The Morgan fingerprint density at radius 3 is 2.12 bits per heavy atom. The number of carbonyl (C=O) groups excluding carboxylic acids is 1. The van der Waals surface area contributed by atoms with Gasteiger partial charge in [0.05, 0.1) is 6.54 Å². The lowest BCUT2D eigenvalue weighted by molar-refractivity contribution is -0.120. The largest absolute Gasteiger partial charge is 0.298 e. The van der Waals surface area contributed by atoms with E-state index in [2.05, 4.69) is 50.0 Å². The predicted octanol–water partition coefficient (Wildman–Crippen LogP) is 3.38. The van der Waals surface area contributed by atoms with Gasteiger partial charge in [0.25, 0.3) is 0 Å². The summed E-state index contributed by atoms with van der Waals surface area (Å²) in [5.74, 6) is 0.308. The SMILES string of the molecule is O=C(Cc1ccccc1)CN1CCN(Cc2ccc(Br)cc2)CC1. The molecule has 0 atom stereocenters. The molecule has 4 heteroatoms. The van der Waals surface area contributed by atoms with Crippen LogP contribution in [0.2, 0.25) is 0 Å². The Morgan fingerprint density at radius 2 is 1.46 bits per heavy atom. The number of hydrogen-bond acceptors (Lipinski definition) is 3. The van der Waals surface area contributed by atoms with Crippen molar-refractivity contribution in [2.24, 2.45) is 0 Å². The average molecular weight is 387 g/mol. The van der Waals surface area contributed by atoms with Crippen LogP contribution in [0.4, 0.5) is 0 Å². The standard InChI is InChI=1S/C20H23BrN2O/c21-19-8-6-18(7-9-19)15-22-10-12-23(13-11-22)16-20(24)14-17-4-2-1-3-5-17/h1-9H,10-16H2. The first-order chi connectivity index (χ1) is 11.7. The second-order valence-electron chi connectivity index (χ2n) is 6.38. The number of carbonyl (C=O) groups is 1. The third-order valence-corrected chi connectivity index (χ3v) is 4.96. The van der Waals surface area contributed by atoms with Crippen molar-refractivity contribution in [3.05, 3.63) is 70.2 Å². The fourth-order valence-corrected chi connectivity index (χ4v) is 3.35. The second-order valence-corrected chi connectivity index (χ2v) is 7.30. The van der Waals surface area contributed by atoms with Crippen LogP contribution in [0.5, 0.6) is 0 Å². The number of ketones is 1. The van der Waals surface area contributed by atoms with Gasteiger partial charge in [-0.15, -0.1) is 0 Å². The Morgan fingerprint density at radius 1 is 0.833 bits per heavy atom. The van der Waals surface area contributed by atoms with Gasteiger partial charge in [-0.05, 0) is 23.3 Å². The van der Waals surface area contributed by atoms with E-state index >= 15 is 0 Å². The van der Waals surface area contributed by atoms with E-state index in [1.807, 2.05) is 30.3 Å². The highest BCUT2D eigenvalue weighted by Crippen LogP contribution is 2.13. The molecule has 0 aliphatic carbocycles. The Bertz CT molecular complexity index is 649. The minimum Gasteiger partial charge on any atom is -0.298 e. The van der Waals surface area contributed by atoms with Crippen molar-refractivity contribution in [2.75, 3.05) is 32.7 Å². The minimum absolute atomic E-state index is 0.308. The van der Waals surface area contributed by atoms with Gasteiger partial charge in [-0.25, -0.2) is 0 Å². The molecule has 1 saturated heterocycles. The van der Waals surface area contributed by atoms with Gasteiger partial charge >= 0.3 is 0 Å². The molecule has 3 nitrogen and oxygen atoms in total. The number of nitrogens with zero attached hydrogens (tertiary/aromatic N) is 2. The van der Waals surface area contributed by atoms with E-state index in [1.54, 1.807) is 0 Å². The van der Waals surface area contributed by atoms with Gasteiger partial charge in [-0.2, -0.15) is 0 Å². The van der Waals surface area contributed by atoms with E-state index in [-0.39, 0.29) is 0 Å². The number of benzene rings is 2. The van der Waals surface area contributed by atoms with Crippen molar-refractivity contribution in [3.8, 4) is 0 Å². The molecule has 1 heterocycles. The average Bonchev–Trinajstić information content (AvgIpc) is 2.59. The molecule has 2 aromatic carbocycles. The van der Waals surface area contributed by atoms with Crippen LogP contribution in [0.3, 0.4) is 0 Å². The van der Waals surface area contributed by atoms with Crippen LogP contribution < -0.4 is 0 Å². The number of Topliss-reactive ketones (excluding diaryl/α,β-unsaturated/α-hetero) is 1. The van der Waals surface area contributed by atoms with Crippen LogP contribution in [0.15, 0.2) is 59.1 Å². The molecule has 24 heavy (non-hydrogen) atoms. The monoisotopic (exact) mass is 386 g/mol. The summed E-state index contributed by atoms with van der Waals surface area (Å²) in [5.41, 5.74) is 2.45. The molecule has 1 aliphatic heterocycles. The Hall–Kier alpha value is -1.49. The van der Waals surface area contributed by atoms with Gasteiger partial charge < -0.3 is 0 Å². The summed E-state index contributed by atoms with van der Waals surface area (Å²) in [5, 5.41) is 0. The molecule has 1 fully saturated rings. The number of halogens is 1. The van der Waals surface area contributed by atoms with Crippen molar-refractivity contribution in [1.82, 2.24) is 9.80 Å². The maximum atomic E-state index is 12.2. The maximum absolute atomic E-state index is 12.2. The van der Waals surface area contributed by atoms with Gasteiger partial charge in [-0.3, -0.25) is 14.6 Å². The van der Waals surface area contributed by atoms with Crippen LogP contribution in [0, 0.1) is 0 Å². The molecule has 0 spiro atoms. The summed E-state index contributed by atoms with van der Waals surface area (Å²) in [7, 11) is 0. The van der Waals surface area contributed by atoms with E-state index in [9.17, 15) is 4.79 Å². The smallest absolute Gasteiger partial charge is 0.151 e. The highest BCUT2D eigenvalue weighted by Gasteiger charge is 2.19. The van der Waals surface area contributed by atoms with E-state index in [0.717, 1.165) is 42.8 Å². The summed E-state index contributed by atoms with van der Waals surface area (Å²) < 4.78 is 1.12. The fraction of sp³-hybridized carbons (Fsp3) is 0.350. The number of piperazine rings is 1. The van der Waals surface area contributed by atoms with Gasteiger partial charge in [0.2, 0.25) is 0 Å². The molecule has 0 amide bonds. The molecule has 3 rings (SSSR count). The van der Waals surface area contributed by atoms with Crippen LogP contribution in [-0.4, -0.2) is 48.3 Å². The lowest BCUT2D eigenvalue weighted by Crippen LogP contribution is -2.47. The molecule has 1 aliphatic rings. The van der Waals surface area contributed by atoms with E-state index < -0.39 is 0 Å². The van der Waals surface area contributed by atoms with E-state index in [4.69, 9.17) is 0 Å². The maximum Gasteiger partial charge on any atom is 0.151 e. The van der Waals surface area contributed by atoms with Crippen molar-refractivity contribution in [3.63, 3.8) is 0 Å². The highest BCUT2D eigenvalue weighted by atomic mass is 79.9. The molecule has 0 bridgehead atoms. The third kappa shape index (κ3) is 5.26. The summed E-state index contributed by atoms with van der Waals surface area (Å²) in [4.78, 5) is 17.0. The Labute approximate surface area is 152 Å². The molecule has 0 N–H and O–H groups in total. The second kappa shape index (κ2) is 8.56. The summed E-state index contributed by atoms with van der Waals surface area (Å²) >= 11 is 3.47. The van der Waals surface area contributed by atoms with Crippen LogP contribution >= 0.6 is 15.9 Å². The molecule has 0 radical (unpaired) electrons. The summed E-state index contributed by atoms with van der Waals surface area (Å²) in [6.07, 6.45) is 0.542. The first-order valence-electron chi connectivity index (χ1n) is 8.44. The Kier molecular flexibility index (Phi) is 6.18. The van der Waals surface area contributed by atoms with E-state index in [1.165, 1.54) is 5.56 Å². The summed E-state index contributed by atoms with van der Waals surface area (Å²) in [6, 6.07) is 18.5. The molecular formula is C20H23BrN2O. The fourth-order valence-electron chi connectivity index (χ4n) is 3.08. The van der Waals surface area contributed by atoms with Gasteiger partial charge in [-0.1, -0.05) is 58.4 Å². The van der Waals surface area contributed by atoms with Crippen molar-refractivity contribution >= 4 is 21.7 Å². The normalized spacial score (nSPS) is 16.2. The third-order valence-electron chi connectivity index (χ3n) is 4.43. The van der Waals surface area contributed by atoms with Crippen LogP contribution in [-0.2, 0) is 17.8 Å². The molecule has 126 valence electrons. The molecule has 2 aromatic rings. The zero-order chi connectivity index (χ0) is 16.8. The first-order valence-corrected chi connectivity index (χ1v) is 9.23. The highest BCUT2D eigenvalue weighted by molar-refractivity contribution is 9.10. The molecule has 0 aromatic heterocycles. The molecule has 0 unspecified atom stereocenters. The lowest BCUT2D eigenvalue weighted by atomic mass is 10.1. The molecular weight excluding hydrogens is 364 g/mol. The Balaban J connectivity index is 1.41. The zero-order valence-corrected chi connectivity index (χ0v) is 15.4. The number of hydrogen-bond donors (Lipinski definition) is 0. The van der Waals surface area contributed by atoms with E-state index in [0.29, 0.717) is 18.7 Å². The number of rotatable bonds is 6. The predicted molar refractivity (Wildman–Crippen MR) is 101 cm³/mol. The minimum atomic E-state index is 0.308. The summed E-state index contributed by atoms with van der Waals surface area (Å²) in [6.45, 7) is 5.54. The quantitative estimate of drug-likeness (QED) is 0.760. The zero-order valence-electron chi connectivity index (χ0n) is 13.8. The van der Waals surface area contributed by atoms with Crippen molar-refractivity contribution in [1.29, 1.82) is 0 Å². The van der Waals surface area contributed by atoms with Crippen molar-refractivity contribution < 1.29 is 4.79 Å². The van der Waals surface area contributed by atoms with Crippen LogP contribution in [0.25, 0.3) is 0 Å².